The lowest BCUT2D eigenvalue weighted by Gasteiger charge is -2.36. The predicted molar refractivity (Wildman–Crippen MR) is 68.8 cm³/mol. The van der Waals surface area contributed by atoms with Crippen LogP contribution in [-0.2, 0) is 4.79 Å². The van der Waals surface area contributed by atoms with Crippen LogP contribution in [0.4, 0.5) is 0 Å². The van der Waals surface area contributed by atoms with Gasteiger partial charge in [0.05, 0.1) is 0 Å². The maximum Gasteiger partial charge on any atom is 0.320 e. The molecule has 1 atom stereocenters. The molecule has 1 fully saturated rings. The molecular formula is C13H17N3O3. The van der Waals surface area contributed by atoms with E-state index in [0.717, 1.165) is 0 Å². The fourth-order valence-corrected chi connectivity index (χ4v) is 2.15. The summed E-state index contributed by atoms with van der Waals surface area (Å²) in [7, 11) is 0. The molecule has 1 aliphatic heterocycles. The largest absolute Gasteiger partial charge is 0.480 e. The highest BCUT2D eigenvalue weighted by Gasteiger charge is 2.27. The van der Waals surface area contributed by atoms with Crippen LogP contribution in [0.15, 0.2) is 24.5 Å². The van der Waals surface area contributed by atoms with Crippen LogP contribution < -0.4 is 0 Å². The van der Waals surface area contributed by atoms with Gasteiger partial charge in [0, 0.05) is 44.1 Å². The van der Waals surface area contributed by atoms with E-state index in [1.807, 2.05) is 4.90 Å². The van der Waals surface area contributed by atoms with Crippen LogP contribution in [0, 0.1) is 0 Å². The van der Waals surface area contributed by atoms with E-state index in [1.165, 1.54) is 0 Å². The van der Waals surface area contributed by atoms with Crippen LogP contribution >= 0.6 is 0 Å². The van der Waals surface area contributed by atoms with Gasteiger partial charge in [-0.1, -0.05) is 0 Å². The maximum absolute atomic E-state index is 12.2. The minimum atomic E-state index is -0.825. The van der Waals surface area contributed by atoms with Gasteiger partial charge in [-0.2, -0.15) is 0 Å². The van der Waals surface area contributed by atoms with Crippen LogP contribution in [0.1, 0.15) is 17.3 Å². The Bertz CT molecular complexity index is 455. The van der Waals surface area contributed by atoms with E-state index in [0.29, 0.717) is 31.7 Å². The maximum atomic E-state index is 12.2. The molecule has 1 N–H and O–H groups in total. The number of aliphatic carboxylic acids is 1. The van der Waals surface area contributed by atoms with Gasteiger partial charge >= 0.3 is 5.97 Å². The van der Waals surface area contributed by atoms with Crippen LogP contribution in [0.5, 0.6) is 0 Å². The van der Waals surface area contributed by atoms with Gasteiger partial charge in [0.25, 0.3) is 5.91 Å². The molecule has 0 aliphatic carbocycles. The summed E-state index contributed by atoms with van der Waals surface area (Å²) in [5.74, 6) is -0.848. The Kier molecular flexibility index (Phi) is 4.11. The second-order valence-electron chi connectivity index (χ2n) is 4.58. The summed E-state index contributed by atoms with van der Waals surface area (Å²) in [6, 6.07) is 2.88. The van der Waals surface area contributed by atoms with Crippen molar-refractivity contribution >= 4 is 11.9 Å². The van der Waals surface area contributed by atoms with Gasteiger partial charge in [0.2, 0.25) is 0 Å². The van der Waals surface area contributed by atoms with Gasteiger partial charge in [-0.3, -0.25) is 19.5 Å². The number of carboxylic acid groups (broad SMARTS) is 1. The van der Waals surface area contributed by atoms with E-state index in [9.17, 15) is 9.59 Å². The molecule has 1 saturated heterocycles. The monoisotopic (exact) mass is 263 g/mol. The van der Waals surface area contributed by atoms with Crippen molar-refractivity contribution in [2.24, 2.45) is 0 Å². The molecule has 0 bridgehead atoms. The van der Waals surface area contributed by atoms with Gasteiger partial charge in [0.1, 0.15) is 6.04 Å². The van der Waals surface area contributed by atoms with Crippen molar-refractivity contribution in [3.8, 4) is 0 Å². The molecule has 2 heterocycles. The zero-order valence-electron chi connectivity index (χ0n) is 10.8. The molecule has 1 aromatic heterocycles. The molecule has 0 aromatic carbocycles. The Morgan fingerprint density at radius 1 is 1.21 bits per heavy atom. The molecule has 6 heteroatoms. The lowest BCUT2D eigenvalue weighted by atomic mass is 10.2. The van der Waals surface area contributed by atoms with Gasteiger partial charge in [0.15, 0.2) is 0 Å². The molecule has 1 unspecified atom stereocenters. The van der Waals surface area contributed by atoms with Crippen molar-refractivity contribution in [3.05, 3.63) is 30.1 Å². The van der Waals surface area contributed by atoms with E-state index in [1.54, 1.807) is 36.4 Å². The Morgan fingerprint density at radius 2 is 1.79 bits per heavy atom. The molecule has 0 spiro atoms. The van der Waals surface area contributed by atoms with Crippen molar-refractivity contribution in [2.75, 3.05) is 26.2 Å². The Balaban J connectivity index is 1.93. The molecule has 1 aromatic rings. The van der Waals surface area contributed by atoms with E-state index in [2.05, 4.69) is 4.98 Å². The number of piperazine rings is 1. The normalized spacial score (nSPS) is 18.1. The molecule has 102 valence electrons. The summed E-state index contributed by atoms with van der Waals surface area (Å²) in [6.45, 7) is 3.95. The molecule has 2 rings (SSSR count). The third kappa shape index (κ3) is 3.08. The lowest BCUT2D eigenvalue weighted by Crippen LogP contribution is -2.53. The van der Waals surface area contributed by atoms with E-state index >= 15 is 0 Å². The summed E-state index contributed by atoms with van der Waals surface area (Å²) < 4.78 is 0. The summed E-state index contributed by atoms with van der Waals surface area (Å²) in [6.07, 6.45) is 3.19. The Hall–Kier alpha value is -1.95. The van der Waals surface area contributed by atoms with Gasteiger partial charge in [-0.05, 0) is 19.1 Å². The van der Waals surface area contributed by atoms with Crippen LogP contribution in [0.25, 0.3) is 0 Å². The number of carbonyl (C=O) groups is 2. The average Bonchev–Trinajstić information content (AvgIpc) is 2.46. The predicted octanol–water partition coefficient (Wildman–Crippen LogP) is 0.312. The minimum absolute atomic E-state index is 0.0231. The molecule has 1 aliphatic rings. The summed E-state index contributed by atoms with van der Waals surface area (Å²) in [5, 5.41) is 8.96. The highest BCUT2D eigenvalue weighted by Crippen LogP contribution is 2.10. The van der Waals surface area contributed by atoms with E-state index in [4.69, 9.17) is 5.11 Å². The summed E-state index contributed by atoms with van der Waals surface area (Å²) >= 11 is 0. The fraction of sp³-hybridized carbons (Fsp3) is 0.462. The smallest absolute Gasteiger partial charge is 0.320 e. The number of carboxylic acids is 1. The Morgan fingerprint density at radius 3 is 2.32 bits per heavy atom. The number of pyridine rings is 1. The van der Waals surface area contributed by atoms with Crippen molar-refractivity contribution in [2.45, 2.75) is 13.0 Å². The standard InChI is InChI=1S/C13H17N3O3/c1-10(13(18)19)15-6-8-16(9-7-15)12(17)11-2-4-14-5-3-11/h2-5,10H,6-9H2,1H3,(H,18,19). The summed E-state index contributed by atoms with van der Waals surface area (Å²) in [4.78, 5) is 30.6. The zero-order chi connectivity index (χ0) is 13.8. The van der Waals surface area contributed by atoms with Gasteiger partial charge in [-0.25, -0.2) is 0 Å². The number of rotatable bonds is 3. The van der Waals surface area contributed by atoms with E-state index < -0.39 is 12.0 Å². The molecule has 0 radical (unpaired) electrons. The second kappa shape index (κ2) is 5.79. The van der Waals surface area contributed by atoms with E-state index in [-0.39, 0.29) is 5.91 Å². The molecule has 0 saturated carbocycles. The third-order valence-corrected chi connectivity index (χ3v) is 3.43. The summed E-state index contributed by atoms with van der Waals surface area (Å²) in [5.41, 5.74) is 0.620. The number of nitrogens with zero attached hydrogens (tertiary/aromatic N) is 3. The average molecular weight is 263 g/mol. The minimum Gasteiger partial charge on any atom is -0.480 e. The van der Waals surface area contributed by atoms with Crippen molar-refractivity contribution in [3.63, 3.8) is 0 Å². The first-order valence-corrected chi connectivity index (χ1v) is 6.26. The quantitative estimate of drug-likeness (QED) is 0.849. The zero-order valence-corrected chi connectivity index (χ0v) is 10.8. The topological polar surface area (TPSA) is 73.7 Å². The first-order valence-electron chi connectivity index (χ1n) is 6.26. The first-order chi connectivity index (χ1) is 9.09. The highest BCUT2D eigenvalue weighted by molar-refractivity contribution is 5.94. The van der Waals surface area contributed by atoms with Crippen molar-refractivity contribution in [1.29, 1.82) is 0 Å². The molecular weight excluding hydrogens is 246 g/mol. The van der Waals surface area contributed by atoms with Crippen LogP contribution in [0.2, 0.25) is 0 Å². The highest BCUT2D eigenvalue weighted by atomic mass is 16.4. The third-order valence-electron chi connectivity index (χ3n) is 3.43. The fourth-order valence-electron chi connectivity index (χ4n) is 2.15. The Labute approximate surface area is 111 Å². The van der Waals surface area contributed by atoms with Gasteiger partial charge in [-0.15, -0.1) is 0 Å². The molecule has 1 amide bonds. The number of hydrogen-bond acceptors (Lipinski definition) is 4. The number of hydrogen-bond donors (Lipinski definition) is 1. The van der Waals surface area contributed by atoms with Gasteiger partial charge < -0.3 is 10.0 Å². The van der Waals surface area contributed by atoms with Crippen molar-refractivity contribution in [1.82, 2.24) is 14.8 Å². The molecule has 6 nitrogen and oxygen atoms in total. The number of carbonyl (C=O) groups excluding carboxylic acids is 1. The van der Waals surface area contributed by atoms with Crippen LogP contribution in [0.3, 0.4) is 0 Å². The lowest BCUT2D eigenvalue weighted by molar-refractivity contribution is -0.143. The molecule has 19 heavy (non-hydrogen) atoms. The SMILES string of the molecule is CC(C(=O)O)N1CCN(C(=O)c2ccncc2)CC1. The number of amides is 1. The van der Waals surface area contributed by atoms with Crippen molar-refractivity contribution < 1.29 is 14.7 Å². The van der Waals surface area contributed by atoms with Crippen LogP contribution in [-0.4, -0.2) is 64.0 Å². The second-order valence-corrected chi connectivity index (χ2v) is 4.58. The number of aromatic nitrogens is 1. The first kappa shape index (κ1) is 13.5.